The normalized spacial score (nSPS) is 10.1. The Morgan fingerprint density at radius 1 is 0.958 bits per heavy atom. The quantitative estimate of drug-likeness (QED) is 0.762. The zero-order chi connectivity index (χ0) is 17.5. The molecule has 0 atom stereocenters. The van der Waals surface area contributed by atoms with Crippen LogP contribution in [0.5, 0.6) is 5.75 Å². The molecule has 0 aromatic heterocycles. The first kappa shape index (κ1) is 17.5. The van der Waals surface area contributed by atoms with Crippen molar-refractivity contribution in [1.82, 2.24) is 0 Å². The summed E-state index contributed by atoms with van der Waals surface area (Å²) in [5.41, 5.74) is 3.38. The van der Waals surface area contributed by atoms with Crippen LogP contribution < -0.4 is 4.74 Å². The molecule has 5 nitrogen and oxygen atoms in total. The number of hydrogen-bond acceptors (Lipinski definition) is 5. The molecule has 24 heavy (non-hydrogen) atoms. The van der Waals surface area contributed by atoms with Gasteiger partial charge in [0.15, 0.2) is 6.61 Å². The molecule has 0 N–H and O–H groups in total. The van der Waals surface area contributed by atoms with Crippen LogP contribution in [0, 0.1) is 13.8 Å². The second-order valence-electron chi connectivity index (χ2n) is 5.46. The monoisotopic (exact) mass is 328 g/mol. The molecule has 2 aromatic carbocycles. The Morgan fingerprint density at radius 2 is 1.58 bits per heavy atom. The molecule has 0 spiro atoms. The fourth-order valence-electron chi connectivity index (χ4n) is 2.22. The fraction of sp³-hybridized carbons (Fsp3) is 0.263. The lowest BCUT2D eigenvalue weighted by atomic mass is 10.1. The molecule has 0 unspecified atom stereocenters. The van der Waals surface area contributed by atoms with E-state index >= 15 is 0 Å². The van der Waals surface area contributed by atoms with Crippen LogP contribution in [0.15, 0.2) is 42.5 Å². The summed E-state index contributed by atoms with van der Waals surface area (Å²) in [4.78, 5) is 23.1. The average molecular weight is 328 g/mol. The number of methoxy groups -OCH3 is 1. The van der Waals surface area contributed by atoms with Crippen LogP contribution >= 0.6 is 0 Å². The largest absolute Gasteiger partial charge is 0.482 e. The number of esters is 2. The van der Waals surface area contributed by atoms with Crippen LogP contribution in [0.1, 0.15) is 27.0 Å². The molecular formula is C19H20O5. The SMILES string of the molecule is COC(=O)c1ccc(COC(=O)COc2cc(C)cc(C)c2)cc1. The van der Waals surface area contributed by atoms with E-state index in [0.717, 1.165) is 16.7 Å². The van der Waals surface area contributed by atoms with Crippen molar-refractivity contribution < 1.29 is 23.8 Å². The maximum absolute atomic E-state index is 11.8. The minimum Gasteiger partial charge on any atom is -0.482 e. The van der Waals surface area contributed by atoms with Gasteiger partial charge in [0.2, 0.25) is 0 Å². The summed E-state index contributed by atoms with van der Waals surface area (Å²) in [5, 5.41) is 0. The van der Waals surface area contributed by atoms with Crippen molar-refractivity contribution in [2.45, 2.75) is 20.5 Å². The molecule has 2 aromatic rings. The number of aryl methyl sites for hydroxylation is 2. The van der Waals surface area contributed by atoms with Gasteiger partial charge in [-0.2, -0.15) is 0 Å². The third-order valence-electron chi connectivity index (χ3n) is 3.33. The van der Waals surface area contributed by atoms with E-state index in [9.17, 15) is 9.59 Å². The first-order valence-electron chi connectivity index (χ1n) is 7.52. The van der Waals surface area contributed by atoms with Gasteiger partial charge in [-0.1, -0.05) is 18.2 Å². The van der Waals surface area contributed by atoms with Gasteiger partial charge >= 0.3 is 11.9 Å². The highest BCUT2D eigenvalue weighted by atomic mass is 16.6. The molecule has 0 fully saturated rings. The predicted octanol–water partition coefficient (Wildman–Crippen LogP) is 3.21. The Bertz CT molecular complexity index is 699. The third-order valence-corrected chi connectivity index (χ3v) is 3.33. The van der Waals surface area contributed by atoms with E-state index in [1.54, 1.807) is 24.3 Å². The lowest BCUT2D eigenvalue weighted by molar-refractivity contribution is -0.147. The van der Waals surface area contributed by atoms with Crippen molar-refractivity contribution in [3.63, 3.8) is 0 Å². The second kappa shape index (κ2) is 8.15. The van der Waals surface area contributed by atoms with E-state index in [1.165, 1.54) is 7.11 Å². The smallest absolute Gasteiger partial charge is 0.344 e. The van der Waals surface area contributed by atoms with Crippen molar-refractivity contribution in [3.8, 4) is 5.75 Å². The summed E-state index contributed by atoms with van der Waals surface area (Å²) in [6.45, 7) is 3.91. The highest BCUT2D eigenvalue weighted by molar-refractivity contribution is 5.89. The van der Waals surface area contributed by atoms with Crippen LogP contribution in [0.25, 0.3) is 0 Å². The number of rotatable bonds is 6. The topological polar surface area (TPSA) is 61.8 Å². The Kier molecular flexibility index (Phi) is 5.95. The van der Waals surface area contributed by atoms with Crippen LogP contribution in [-0.2, 0) is 20.9 Å². The van der Waals surface area contributed by atoms with Gasteiger partial charge in [0.1, 0.15) is 12.4 Å². The highest BCUT2D eigenvalue weighted by Crippen LogP contribution is 2.16. The van der Waals surface area contributed by atoms with Crippen molar-refractivity contribution in [3.05, 3.63) is 64.7 Å². The summed E-state index contributed by atoms with van der Waals surface area (Å²) in [6.07, 6.45) is 0. The van der Waals surface area contributed by atoms with Gasteiger partial charge in [-0.25, -0.2) is 9.59 Å². The zero-order valence-corrected chi connectivity index (χ0v) is 14.0. The van der Waals surface area contributed by atoms with Crippen molar-refractivity contribution in [2.24, 2.45) is 0 Å². The minimum atomic E-state index is -0.453. The van der Waals surface area contributed by atoms with Crippen LogP contribution in [-0.4, -0.2) is 25.7 Å². The van der Waals surface area contributed by atoms with Crippen LogP contribution in [0.3, 0.4) is 0 Å². The third kappa shape index (κ3) is 5.12. The van der Waals surface area contributed by atoms with Gasteiger partial charge in [-0.3, -0.25) is 0 Å². The van der Waals surface area contributed by atoms with Gasteiger partial charge in [0, 0.05) is 0 Å². The Labute approximate surface area is 141 Å². The lowest BCUT2D eigenvalue weighted by Gasteiger charge is -2.09. The molecule has 126 valence electrons. The minimum absolute atomic E-state index is 0.122. The van der Waals surface area contributed by atoms with E-state index in [2.05, 4.69) is 4.74 Å². The Morgan fingerprint density at radius 3 is 2.17 bits per heavy atom. The molecule has 0 radical (unpaired) electrons. The molecule has 0 saturated carbocycles. The molecule has 0 saturated heterocycles. The first-order valence-corrected chi connectivity index (χ1v) is 7.52. The average Bonchev–Trinajstić information content (AvgIpc) is 2.57. The number of carbonyl (C=O) groups is 2. The number of benzene rings is 2. The number of hydrogen-bond donors (Lipinski definition) is 0. The van der Waals surface area contributed by atoms with Crippen molar-refractivity contribution in [2.75, 3.05) is 13.7 Å². The first-order chi connectivity index (χ1) is 11.5. The van der Waals surface area contributed by atoms with Gasteiger partial charge in [0.25, 0.3) is 0 Å². The number of carbonyl (C=O) groups excluding carboxylic acids is 2. The fourth-order valence-corrected chi connectivity index (χ4v) is 2.22. The Hall–Kier alpha value is -2.82. The lowest BCUT2D eigenvalue weighted by Crippen LogP contribution is -2.15. The molecule has 0 bridgehead atoms. The molecule has 0 amide bonds. The second-order valence-corrected chi connectivity index (χ2v) is 5.46. The van der Waals surface area contributed by atoms with E-state index in [4.69, 9.17) is 9.47 Å². The molecule has 0 aliphatic rings. The number of ether oxygens (including phenoxy) is 3. The van der Waals surface area contributed by atoms with Crippen LogP contribution in [0.2, 0.25) is 0 Å². The predicted molar refractivity (Wildman–Crippen MR) is 89.0 cm³/mol. The van der Waals surface area contributed by atoms with Gasteiger partial charge in [0.05, 0.1) is 12.7 Å². The summed E-state index contributed by atoms with van der Waals surface area (Å²) in [6, 6.07) is 12.4. The van der Waals surface area contributed by atoms with Crippen LogP contribution in [0.4, 0.5) is 0 Å². The summed E-state index contributed by atoms with van der Waals surface area (Å²) in [7, 11) is 1.33. The molecular weight excluding hydrogens is 308 g/mol. The Balaban J connectivity index is 1.81. The van der Waals surface area contributed by atoms with Crippen molar-refractivity contribution in [1.29, 1.82) is 0 Å². The van der Waals surface area contributed by atoms with Crippen molar-refractivity contribution >= 4 is 11.9 Å². The van der Waals surface area contributed by atoms with E-state index in [0.29, 0.717) is 11.3 Å². The maximum Gasteiger partial charge on any atom is 0.344 e. The van der Waals surface area contributed by atoms with E-state index < -0.39 is 11.9 Å². The molecule has 0 heterocycles. The zero-order valence-electron chi connectivity index (χ0n) is 14.0. The van der Waals surface area contributed by atoms with E-state index in [-0.39, 0.29) is 13.2 Å². The molecule has 5 heteroatoms. The van der Waals surface area contributed by atoms with Gasteiger partial charge in [-0.15, -0.1) is 0 Å². The molecule has 0 aliphatic heterocycles. The van der Waals surface area contributed by atoms with E-state index in [1.807, 2.05) is 32.0 Å². The van der Waals surface area contributed by atoms with Gasteiger partial charge in [-0.05, 0) is 54.8 Å². The standard InChI is InChI=1S/C19H20O5/c1-13-8-14(2)10-17(9-13)23-12-18(20)24-11-15-4-6-16(7-5-15)19(21)22-3/h4-10H,11-12H2,1-3H3. The molecule has 0 aliphatic carbocycles. The highest BCUT2D eigenvalue weighted by Gasteiger charge is 2.07. The summed E-state index contributed by atoms with van der Waals surface area (Å²) >= 11 is 0. The van der Waals surface area contributed by atoms with Gasteiger partial charge < -0.3 is 14.2 Å². The molecule has 2 rings (SSSR count). The maximum atomic E-state index is 11.8. The summed E-state index contributed by atoms with van der Waals surface area (Å²) < 4.78 is 15.2. The summed E-state index contributed by atoms with van der Waals surface area (Å²) in [5.74, 6) is -0.210.